The van der Waals surface area contributed by atoms with Crippen molar-refractivity contribution in [3.63, 3.8) is 0 Å². The number of ether oxygens (including phenoxy) is 1. The molecule has 0 saturated carbocycles. The highest BCUT2D eigenvalue weighted by atomic mass is 16.5. The molecule has 0 aliphatic heterocycles. The maximum Gasteiger partial charge on any atom is 0.250 e. The van der Waals surface area contributed by atoms with Crippen molar-refractivity contribution < 1.29 is 9.53 Å². The van der Waals surface area contributed by atoms with E-state index < -0.39 is 5.91 Å². The van der Waals surface area contributed by atoms with E-state index in [1.165, 1.54) is 6.20 Å². The number of primary amides is 1. The third-order valence-electron chi connectivity index (χ3n) is 2.44. The van der Waals surface area contributed by atoms with E-state index in [9.17, 15) is 4.79 Å². The third-order valence-corrected chi connectivity index (χ3v) is 2.44. The Bertz CT molecular complexity index is 363. The van der Waals surface area contributed by atoms with Gasteiger partial charge >= 0.3 is 0 Å². The van der Waals surface area contributed by atoms with E-state index >= 15 is 0 Å². The molecule has 1 aromatic rings. The van der Waals surface area contributed by atoms with Gasteiger partial charge in [-0.05, 0) is 24.5 Å². The van der Waals surface area contributed by atoms with Gasteiger partial charge in [-0.25, -0.2) is 4.98 Å². The summed E-state index contributed by atoms with van der Waals surface area (Å²) in [5.41, 5.74) is 5.53. The van der Waals surface area contributed by atoms with Gasteiger partial charge < -0.3 is 15.8 Å². The zero-order valence-electron chi connectivity index (χ0n) is 11.0. The second kappa shape index (κ2) is 7.66. The molecule has 100 valence electrons. The number of carbonyl (C=O) groups excluding carboxylic acids is 1. The largest absolute Gasteiger partial charge is 0.380 e. The SMILES string of the molecule is CC(C)CCOCCNc1ccc(C(N)=O)cn1. The maximum absolute atomic E-state index is 10.8. The van der Waals surface area contributed by atoms with Crippen LogP contribution in [0.3, 0.4) is 0 Å². The number of amides is 1. The van der Waals surface area contributed by atoms with Crippen LogP contribution in [0.15, 0.2) is 18.3 Å². The Labute approximate surface area is 108 Å². The fourth-order valence-corrected chi connectivity index (χ4v) is 1.32. The molecule has 3 N–H and O–H groups in total. The van der Waals surface area contributed by atoms with Gasteiger partial charge in [-0.2, -0.15) is 0 Å². The number of rotatable bonds is 8. The molecule has 0 aliphatic rings. The van der Waals surface area contributed by atoms with Crippen molar-refractivity contribution in [1.82, 2.24) is 4.98 Å². The number of hydrogen-bond donors (Lipinski definition) is 2. The van der Waals surface area contributed by atoms with Gasteiger partial charge in [-0.3, -0.25) is 4.79 Å². The summed E-state index contributed by atoms with van der Waals surface area (Å²) < 4.78 is 5.46. The summed E-state index contributed by atoms with van der Waals surface area (Å²) in [6.45, 7) is 6.47. The van der Waals surface area contributed by atoms with Gasteiger partial charge in [0.05, 0.1) is 12.2 Å². The number of nitrogens with zero attached hydrogens (tertiary/aromatic N) is 1. The van der Waals surface area contributed by atoms with E-state index in [4.69, 9.17) is 10.5 Å². The average molecular weight is 251 g/mol. The fourth-order valence-electron chi connectivity index (χ4n) is 1.32. The van der Waals surface area contributed by atoms with Gasteiger partial charge in [0.15, 0.2) is 0 Å². The molecule has 0 bridgehead atoms. The van der Waals surface area contributed by atoms with Crippen LogP contribution in [0.5, 0.6) is 0 Å². The van der Waals surface area contributed by atoms with Crippen LogP contribution in [0.1, 0.15) is 30.6 Å². The predicted molar refractivity (Wildman–Crippen MR) is 71.5 cm³/mol. The fraction of sp³-hybridized carbons (Fsp3) is 0.538. The van der Waals surface area contributed by atoms with E-state index in [1.807, 2.05) is 0 Å². The van der Waals surface area contributed by atoms with Gasteiger partial charge in [-0.15, -0.1) is 0 Å². The van der Waals surface area contributed by atoms with Gasteiger partial charge in [0.25, 0.3) is 0 Å². The van der Waals surface area contributed by atoms with Gasteiger partial charge in [0.2, 0.25) is 5.91 Å². The minimum atomic E-state index is -0.467. The molecule has 0 unspecified atom stereocenters. The second-order valence-corrected chi connectivity index (χ2v) is 4.52. The number of hydrogen-bond acceptors (Lipinski definition) is 4. The highest BCUT2D eigenvalue weighted by Gasteiger charge is 2.00. The summed E-state index contributed by atoms with van der Waals surface area (Å²) in [5.74, 6) is 0.916. The lowest BCUT2D eigenvalue weighted by molar-refractivity contribution is 0.1000. The number of aromatic nitrogens is 1. The molecule has 1 rings (SSSR count). The summed E-state index contributed by atoms with van der Waals surface area (Å²) in [5, 5.41) is 3.11. The van der Waals surface area contributed by atoms with Crippen LogP contribution in [0.25, 0.3) is 0 Å². The summed E-state index contributed by atoms with van der Waals surface area (Å²) in [6, 6.07) is 3.38. The number of anilines is 1. The van der Waals surface area contributed by atoms with Crippen LogP contribution >= 0.6 is 0 Å². The zero-order valence-corrected chi connectivity index (χ0v) is 11.0. The van der Waals surface area contributed by atoms with E-state index in [0.717, 1.165) is 13.0 Å². The maximum atomic E-state index is 10.8. The Morgan fingerprint density at radius 3 is 2.78 bits per heavy atom. The van der Waals surface area contributed by atoms with Crippen LogP contribution in [-0.2, 0) is 4.74 Å². The molecule has 5 heteroatoms. The first-order chi connectivity index (χ1) is 8.59. The lowest BCUT2D eigenvalue weighted by Gasteiger charge is -2.08. The smallest absolute Gasteiger partial charge is 0.250 e. The topological polar surface area (TPSA) is 77.2 Å². The Kier molecular flexibility index (Phi) is 6.14. The molecular formula is C13H21N3O2. The molecule has 18 heavy (non-hydrogen) atoms. The van der Waals surface area contributed by atoms with E-state index in [-0.39, 0.29) is 0 Å². The quantitative estimate of drug-likeness (QED) is 0.689. The van der Waals surface area contributed by atoms with Crippen LogP contribution in [0, 0.1) is 5.92 Å². The highest BCUT2D eigenvalue weighted by molar-refractivity contribution is 5.92. The minimum absolute atomic E-state index is 0.411. The van der Waals surface area contributed by atoms with Gasteiger partial charge in [-0.1, -0.05) is 13.8 Å². The van der Waals surface area contributed by atoms with Crippen LogP contribution < -0.4 is 11.1 Å². The molecule has 1 aromatic heterocycles. The average Bonchev–Trinajstić information content (AvgIpc) is 2.34. The van der Waals surface area contributed by atoms with E-state index in [0.29, 0.717) is 30.5 Å². The third kappa shape index (κ3) is 5.63. The van der Waals surface area contributed by atoms with Gasteiger partial charge in [0.1, 0.15) is 5.82 Å². The molecule has 0 spiro atoms. The molecule has 0 saturated heterocycles. The molecule has 0 radical (unpaired) electrons. The molecule has 0 fully saturated rings. The number of pyridine rings is 1. The lowest BCUT2D eigenvalue weighted by atomic mass is 10.1. The monoisotopic (exact) mass is 251 g/mol. The Balaban J connectivity index is 2.17. The van der Waals surface area contributed by atoms with Crippen LogP contribution in [0.2, 0.25) is 0 Å². The molecule has 0 aliphatic carbocycles. The number of nitrogens with two attached hydrogens (primary N) is 1. The Morgan fingerprint density at radius 2 is 2.22 bits per heavy atom. The first-order valence-electron chi connectivity index (χ1n) is 6.17. The van der Waals surface area contributed by atoms with Crippen molar-refractivity contribution in [3.8, 4) is 0 Å². The van der Waals surface area contributed by atoms with E-state index in [1.54, 1.807) is 12.1 Å². The standard InChI is InChI=1S/C13H21N3O2/c1-10(2)5-7-18-8-6-15-12-4-3-11(9-16-12)13(14)17/h3-4,9-10H,5-8H2,1-2H3,(H2,14,17)(H,15,16). The zero-order chi connectivity index (χ0) is 13.4. The summed E-state index contributed by atoms with van der Waals surface area (Å²) in [4.78, 5) is 14.9. The van der Waals surface area contributed by atoms with Crippen molar-refractivity contribution in [1.29, 1.82) is 0 Å². The van der Waals surface area contributed by atoms with Crippen LogP contribution in [-0.4, -0.2) is 30.6 Å². The Hall–Kier alpha value is -1.62. The first kappa shape index (κ1) is 14.4. The molecule has 0 atom stereocenters. The van der Waals surface area contributed by atoms with Crippen molar-refractivity contribution in [2.75, 3.05) is 25.1 Å². The van der Waals surface area contributed by atoms with Crippen molar-refractivity contribution >= 4 is 11.7 Å². The van der Waals surface area contributed by atoms with Crippen LogP contribution in [0.4, 0.5) is 5.82 Å². The van der Waals surface area contributed by atoms with Gasteiger partial charge in [0, 0.05) is 19.3 Å². The number of nitrogens with one attached hydrogen (secondary N) is 1. The van der Waals surface area contributed by atoms with Crippen molar-refractivity contribution in [3.05, 3.63) is 23.9 Å². The highest BCUT2D eigenvalue weighted by Crippen LogP contribution is 2.04. The second-order valence-electron chi connectivity index (χ2n) is 4.52. The molecule has 0 aromatic carbocycles. The Morgan fingerprint density at radius 1 is 1.44 bits per heavy atom. The normalized spacial score (nSPS) is 10.6. The summed E-state index contributed by atoms with van der Waals surface area (Å²) >= 11 is 0. The van der Waals surface area contributed by atoms with Crippen molar-refractivity contribution in [2.45, 2.75) is 20.3 Å². The molecule has 5 nitrogen and oxygen atoms in total. The predicted octanol–water partition coefficient (Wildman–Crippen LogP) is 1.66. The summed E-state index contributed by atoms with van der Waals surface area (Å²) in [6.07, 6.45) is 2.54. The summed E-state index contributed by atoms with van der Waals surface area (Å²) in [7, 11) is 0. The molecule has 1 heterocycles. The lowest BCUT2D eigenvalue weighted by Crippen LogP contribution is -2.13. The molecule has 1 amide bonds. The number of carbonyl (C=O) groups is 1. The first-order valence-corrected chi connectivity index (χ1v) is 6.17. The minimum Gasteiger partial charge on any atom is -0.380 e. The molecular weight excluding hydrogens is 230 g/mol. The van der Waals surface area contributed by atoms with Crippen molar-refractivity contribution in [2.24, 2.45) is 11.7 Å². The van der Waals surface area contributed by atoms with E-state index in [2.05, 4.69) is 24.1 Å².